The Bertz CT molecular complexity index is 924. The molecule has 32 heavy (non-hydrogen) atoms. The van der Waals surface area contributed by atoms with Crippen LogP contribution in [0.1, 0.15) is 31.9 Å². The van der Waals surface area contributed by atoms with Crippen LogP contribution in [-0.2, 0) is 27.3 Å². The first kappa shape index (κ1) is 25.3. The number of amides is 1. The van der Waals surface area contributed by atoms with E-state index in [1.54, 1.807) is 12.1 Å². The van der Waals surface area contributed by atoms with E-state index in [4.69, 9.17) is 13.9 Å². The van der Waals surface area contributed by atoms with Crippen LogP contribution in [0.15, 0.2) is 48.5 Å². The quantitative estimate of drug-likeness (QED) is 0.436. The summed E-state index contributed by atoms with van der Waals surface area (Å²) >= 11 is 0. The average Bonchev–Trinajstić information content (AvgIpc) is 2.73. The van der Waals surface area contributed by atoms with E-state index in [0.29, 0.717) is 11.3 Å². The Kier molecular flexibility index (Phi) is 8.32. The molecule has 174 valence electrons. The van der Waals surface area contributed by atoms with Crippen LogP contribution in [0.5, 0.6) is 11.5 Å². The first-order chi connectivity index (χ1) is 14.9. The van der Waals surface area contributed by atoms with Crippen LogP contribution in [0.4, 0.5) is 4.79 Å². The number of benzene rings is 2. The highest BCUT2D eigenvalue weighted by atomic mass is 28.4. The van der Waals surface area contributed by atoms with Gasteiger partial charge in [0.15, 0.2) is 5.75 Å². The first-order valence-electron chi connectivity index (χ1n) is 10.5. The third-order valence-electron chi connectivity index (χ3n) is 5.63. The molecule has 0 aliphatic rings. The number of phenols is 1. The summed E-state index contributed by atoms with van der Waals surface area (Å²) in [4.78, 5) is 24.4. The number of carbonyl (C=O) groups is 2. The molecule has 1 amide bonds. The Morgan fingerprint density at radius 3 is 2.28 bits per heavy atom. The zero-order valence-corrected chi connectivity index (χ0v) is 20.6. The SMILES string of the molecule is COC(=O)[C@H](Cc1ccc(O[Si](C)(C)C(C)(C)C)c(O)c1)NC(=O)OCc1ccccc1. The molecule has 0 unspecified atom stereocenters. The molecule has 0 aliphatic heterocycles. The summed E-state index contributed by atoms with van der Waals surface area (Å²) in [6, 6.07) is 13.3. The number of rotatable bonds is 8. The van der Waals surface area contributed by atoms with Crippen molar-refractivity contribution < 1.29 is 28.6 Å². The van der Waals surface area contributed by atoms with Crippen LogP contribution < -0.4 is 9.74 Å². The predicted molar refractivity (Wildman–Crippen MR) is 125 cm³/mol. The summed E-state index contributed by atoms with van der Waals surface area (Å²) in [7, 11) is -0.867. The second-order valence-corrected chi connectivity index (χ2v) is 13.9. The van der Waals surface area contributed by atoms with Crippen molar-refractivity contribution in [2.45, 2.75) is 58.0 Å². The number of carbonyl (C=O) groups excluding carboxylic acids is 2. The molecule has 2 aromatic rings. The monoisotopic (exact) mass is 459 g/mol. The molecular weight excluding hydrogens is 426 g/mol. The molecule has 0 radical (unpaired) electrons. The fourth-order valence-corrected chi connectivity index (χ4v) is 3.71. The van der Waals surface area contributed by atoms with Crippen LogP contribution in [0.3, 0.4) is 0 Å². The minimum absolute atomic E-state index is 0.0115. The molecule has 0 aliphatic carbocycles. The molecule has 2 rings (SSSR count). The normalized spacial score (nSPS) is 12.6. The van der Waals surface area contributed by atoms with Crippen molar-refractivity contribution in [2.75, 3.05) is 7.11 Å². The fourth-order valence-electron chi connectivity index (χ4n) is 2.68. The highest BCUT2D eigenvalue weighted by molar-refractivity contribution is 6.74. The molecular formula is C24H33NO6Si. The van der Waals surface area contributed by atoms with Gasteiger partial charge in [-0.3, -0.25) is 0 Å². The zero-order valence-electron chi connectivity index (χ0n) is 19.6. The van der Waals surface area contributed by atoms with Gasteiger partial charge in [0.25, 0.3) is 8.32 Å². The van der Waals surface area contributed by atoms with Crippen molar-refractivity contribution in [1.29, 1.82) is 0 Å². The van der Waals surface area contributed by atoms with Gasteiger partial charge < -0.3 is 24.3 Å². The molecule has 8 heteroatoms. The molecule has 0 fully saturated rings. The smallest absolute Gasteiger partial charge is 0.408 e. The highest BCUT2D eigenvalue weighted by Crippen LogP contribution is 2.39. The molecule has 0 bridgehead atoms. The Morgan fingerprint density at radius 2 is 1.72 bits per heavy atom. The van der Waals surface area contributed by atoms with E-state index in [-0.39, 0.29) is 23.8 Å². The van der Waals surface area contributed by atoms with E-state index >= 15 is 0 Å². The Labute approximate surface area is 190 Å². The zero-order chi connectivity index (χ0) is 23.9. The van der Waals surface area contributed by atoms with Gasteiger partial charge in [-0.15, -0.1) is 0 Å². The Morgan fingerprint density at radius 1 is 1.06 bits per heavy atom. The second-order valence-electron chi connectivity index (χ2n) is 9.15. The largest absolute Gasteiger partial charge is 0.541 e. The van der Waals surface area contributed by atoms with Gasteiger partial charge in [0.05, 0.1) is 7.11 Å². The molecule has 0 heterocycles. The number of alkyl carbamates (subject to hydrolysis) is 1. The Hall–Kier alpha value is -3.00. The van der Waals surface area contributed by atoms with E-state index in [1.165, 1.54) is 13.2 Å². The van der Waals surface area contributed by atoms with Gasteiger partial charge in [0, 0.05) is 6.42 Å². The lowest BCUT2D eigenvalue weighted by molar-refractivity contribution is -0.143. The van der Waals surface area contributed by atoms with Crippen molar-refractivity contribution in [2.24, 2.45) is 0 Å². The number of esters is 1. The maximum Gasteiger partial charge on any atom is 0.408 e. The van der Waals surface area contributed by atoms with Gasteiger partial charge in [0.2, 0.25) is 0 Å². The fraction of sp³-hybridized carbons (Fsp3) is 0.417. The van der Waals surface area contributed by atoms with Crippen molar-refractivity contribution in [3.05, 3.63) is 59.7 Å². The number of methoxy groups -OCH3 is 1. The first-order valence-corrected chi connectivity index (χ1v) is 13.4. The number of nitrogens with one attached hydrogen (secondary N) is 1. The molecule has 0 saturated carbocycles. The van der Waals surface area contributed by atoms with Crippen molar-refractivity contribution in [3.8, 4) is 11.5 Å². The predicted octanol–water partition coefficient (Wildman–Crippen LogP) is 4.79. The molecule has 0 aromatic heterocycles. The molecule has 0 spiro atoms. The lowest BCUT2D eigenvalue weighted by Crippen LogP contribution is -2.44. The van der Waals surface area contributed by atoms with Gasteiger partial charge in [-0.05, 0) is 41.4 Å². The summed E-state index contributed by atoms with van der Waals surface area (Å²) in [5.74, 6) is -0.212. The minimum Gasteiger partial charge on any atom is -0.541 e. The minimum atomic E-state index is -2.12. The summed E-state index contributed by atoms with van der Waals surface area (Å²) < 4.78 is 16.2. The third-order valence-corrected chi connectivity index (χ3v) is 9.97. The Balaban J connectivity index is 2.06. The second kappa shape index (κ2) is 10.5. The highest BCUT2D eigenvalue weighted by Gasteiger charge is 2.39. The molecule has 1 atom stereocenters. The van der Waals surface area contributed by atoms with Gasteiger partial charge >= 0.3 is 12.1 Å². The number of ether oxygens (including phenoxy) is 2. The van der Waals surface area contributed by atoms with Crippen molar-refractivity contribution >= 4 is 20.4 Å². The van der Waals surface area contributed by atoms with Gasteiger partial charge in [0.1, 0.15) is 18.4 Å². The lowest BCUT2D eigenvalue weighted by atomic mass is 10.1. The number of phenolic OH excluding ortho intramolecular Hbond substituents is 1. The summed E-state index contributed by atoms with van der Waals surface area (Å²) in [6.45, 7) is 10.6. The van der Waals surface area contributed by atoms with Gasteiger partial charge in [-0.25, -0.2) is 9.59 Å². The van der Waals surface area contributed by atoms with Gasteiger partial charge in [-0.2, -0.15) is 0 Å². The van der Waals surface area contributed by atoms with E-state index < -0.39 is 26.4 Å². The maximum atomic E-state index is 12.2. The maximum absolute atomic E-state index is 12.2. The molecule has 7 nitrogen and oxygen atoms in total. The summed E-state index contributed by atoms with van der Waals surface area (Å²) in [5.41, 5.74) is 1.48. The summed E-state index contributed by atoms with van der Waals surface area (Å²) in [6.07, 6.45) is -0.604. The van der Waals surface area contributed by atoms with E-state index in [2.05, 4.69) is 39.2 Å². The lowest BCUT2D eigenvalue weighted by Gasteiger charge is -2.36. The van der Waals surface area contributed by atoms with Gasteiger partial charge in [-0.1, -0.05) is 57.2 Å². The van der Waals surface area contributed by atoms with Crippen molar-refractivity contribution in [3.63, 3.8) is 0 Å². The number of hydrogen-bond acceptors (Lipinski definition) is 6. The van der Waals surface area contributed by atoms with Crippen molar-refractivity contribution in [1.82, 2.24) is 5.32 Å². The molecule has 0 saturated heterocycles. The van der Waals surface area contributed by atoms with Crippen LogP contribution in [0.25, 0.3) is 0 Å². The van der Waals surface area contributed by atoms with Crippen LogP contribution in [0, 0.1) is 0 Å². The van der Waals surface area contributed by atoms with E-state index in [9.17, 15) is 14.7 Å². The van der Waals surface area contributed by atoms with E-state index in [1.807, 2.05) is 30.3 Å². The average molecular weight is 460 g/mol. The topological polar surface area (TPSA) is 94.1 Å². The number of aromatic hydroxyl groups is 1. The molecule has 2 aromatic carbocycles. The number of hydrogen-bond donors (Lipinski definition) is 2. The molecule has 2 N–H and O–H groups in total. The summed E-state index contributed by atoms with van der Waals surface area (Å²) in [5, 5.41) is 13.0. The van der Waals surface area contributed by atoms with E-state index in [0.717, 1.165) is 5.56 Å². The standard InChI is InChI=1S/C24H33NO6Si/c1-24(2,3)32(5,6)31-21-13-12-18(15-20(21)26)14-19(22(27)29-4)25-23(28)30-16-17-10-8-7-9-11-17/h7-13,15,19,26H,14,16H2,1-6H3,(H,25,28)/t19-/m0/s1. The van der Waals surface area contributed by atoms with Crippen LogP contribution in [0.2, 0.25) is 18.1 Å². The van der Waals surface area contributed by atoms with Crippen LogP contribution >= 0.6 is 0 Å². The third kappa shape index (κ3) is 7.02. The van der Waals surface area contributed by atoms with Crippen LogP contribution in [-0.4, -0.2) is 38.6 Å².